The molecule has 0 aliphatic carbocycles. The Kier molecular flexibility index (Phi) is 3.90. The number of carbonyl (C=O) groups is 1. The van der Waals surface area contributed by atoms with Crippen molar-refractivity contribution < 1.29 is 9.72 Å². The van der Waals surface area contributed by atoms with Gasteiger partial charge in [-0.3, -0.25) is 14.9 Å². The lowest BCUT2D eigenvalue weighted by Crippen LogP contribution is -2.05. The number of halogens is 3. The normalized spacial score (nSPS) is 10.1. The number of rotatable bonds is 3. The van der Waals surface area contributed by atoms with Crippen molar-refractivity contribution in [2.45, 2.75) is 0 Å². The van der Waals surface area contributed by atoms with E-state index in [-0.39, 0.29) is 21.5 Å². The average Bonchev–Trinajstić information content (AvgIpc) is 2.14. The van der Waals surface area contributed by atoms with Gasteiger partial charge in [0.2, 0.25) is 0 Å². The third kappa shape index (κ3) is 2.59. The summed E-state index contributed by atoms with van der Waals surface area (Å²) in [5, 5.41) is 10.6. The van der Waals surface area contributed by atoms with Crippen molar-refractivity contribution in [3.05, 3.63) is 37.9 Å². The molecule has 7 heteroatoms. The maximum Gasteiger partial charge on any atom is 0.298 e. The van der Waals surface area contributed by atoms with Gasteiger partial charge in [0.1, 0.15) is 5.02 Å². The van der Waals surface area contributed by atoms with Gasteiger partial charge in [0.05, 0.1) is 16.4 Å². The molecular weight excluding hydrogens is 264 g/mol. The van der Waals surface area contributed by atoms with Gasteiger partial charge in [0.25, 0.3) is 5.69 Å². The molecule has 0 N–H and O–H groups in total. The summed E-state index contributed by atoms with van der Waals surface area (Å²) in [4.78, 5) is 21.2. The number of Topliss-reactive ketones (excluding diaryl/α,β-unsaturated/α-hetero) is 1. The number of benzene rings is 1. The molecule has 0 aromatic heterocycles. The largest absolute Gasteiger partial charge is 0.298 e. The Morgan fingerprint density at radius 3 is 2.47 bits per heavy atom. The molecule has 0 bridgehead atoms. The maximum absolute atomic E-state index is 11.3. The van der Waals surface area contributed by atoms with Gasteiger partial charge < -0.3 is 0 Å². The van der Waals surface area contributed by atoms with Crippen LogP contribution < -0.4 is 0 Å². The molecule has 0 aliphatic rings. The first kappa shape index (κ1) is 12.2. The van der Waals surface area contributed by atoms with Crippen molar-refractivity contribution >= 4 is 46.3 Å². The zero-order valence-electron chi connectivity index (χ0n) is 7.17. The van der Waals surface area contributed by atoms with Crippen LogP contribution in [0.3, 0.4) is 0 Å². The van der Waals surface area contributed by atoms with E-state index in [2.05, 4.69) is 0 Å². The van der Waals surface area contributed by atoms with E-state index in [1.54, 1.807) is 0 Å². The van der Waals surface area contributed by atoms with Crippen molar-refractivity contribution in [2.75, 3.05) is 5.88 Å². The molecule has 0 saturated carbocycles. The number of alkyl halides is 1. The molecule has 0 spiro atoms. The summed E-state index contributed by atoms with van der Waals surface area (Å²) in [6.07, 6.45) is 0. The molecule has 0 saturated heterocycles. The summed E-state index contributed by atoms with van der Waals surface area (Å²) in [5.41, 5.74) is -0.640. The smallest absolute Gasteiger partial charge is 0.293 e. The second-order valence-electron chi connectivity index (χ2n) is 2.60. The van der Waals surface area contributed by atoms with Crippen molar-refractivity contribution in [1.82, 2.24) is 0 Å². The molecule has 1 aromatic carbocycles. The lowest BCUT2D eigenvalue weighted by molar-refractivity contribution is -0.385. The van der Waals surface area contributed by atoms with Gasteiger partial charge in [-0.2, -0.15) is 0 Å². The van der Waals surface area contributed by atoms with E-state index in [1.165, 1.54) is 12.1 Å². The molecule has 0 fully saturated rings. The molecule has 0 aliphatic heterocycles. The number of hydrogen-bond donors (Lipinski definition) is 0. The minimum absolute atomic E-state index is 0.152. The fourth-order valence-electron chi connectivity index (χ4n) is 1.04. The highest BCUT2D eigenvalue weighted by molar-refractivity contribution is 6.38. The Hall–Kier alpha value is -0.840. The van der Waals surface area contributed by atoms with Crippen LogP contribution in [0.2, 0.25) is 10.0 Å². The number of carbonyl (C=O) groups excluding carboxylic acids is 1. The summed E-state index contributed by atoms with van der Waals surface area (Å²) >= 11 is 16.5. The quantitative estimate of drug-likeness (QED) is 0.366. The highest BCUT2D eigenvalue weighted by Gasteiger charge is 2.24. The third-order valence-electron chi connectivity index (χ3n) is 1.63. The van der Waals surface area contributed by atoms with Crippen LogP contribution in [0, 0.1) is 10.1 Å². The highest BCUT2D eigenvalue weighted by Crippen LogP contribution is 2.32. The molecule has 0 amide bonds. The monoisotopic (exact) mass is 267 g/mol. The second-order valence-corrected chi connectivity index (χ2v) is 3.71. The fourth-order valence-corrected chi connectivity index (χ4v) is 1.74. The van der Waals surface area contributed by atoms with Gasteiger partial charge >= 0.3 is 0 Å². The Balaban J connectivity index is 3.46. The zero-order valence-corrected chi connectivity index (χ0v) is 9.44. The highest BCUT2D eigenvalue weighted by atomic mass is 35.5. The van der Waals surface area contributed by atoms with E-state index in [9.17, 15) is 14.9 Å². The first-order chi connectivity index (χ1) is 6.97. The predicted octanol–water partition coefficient (Wildman–Crippen LogP) is 3.32. The van der Waals surface area contributed by atoms with Crippen molar-refractivity contribution in [3.63, 3.8) is 0 Å². The molecular formula is C8H4Cl3NO3. The van der Waals surface area contributed by atoms with Gasteiger partial charge in [-0.25, -0.2) is 0 Å². The molecule has 15 heavy (non-hydrogen) atoms. The molecule has 0 atom stereocenters. The number of nitro groups is 1. The summed E-state index contributed by atoms with van der Waals surface area (Å²) in [6, 6.07) is 2.38. The summed E-state index contributed by atoms with van der Waals surface area (Å²) < 4.78 is 0. The summed E-state index contributed by atoms with van der Waals surface area (Å²) in [5.74, 6) is -0.954. The van der Waals surface area contributed by atoms with Gasteiger partial charge in [-0.05, 0) is 12.1 Å². The van der Waals surface area contributed by atoms with Crippen molar-refractivity contribution in [2.24, 2.45) is 0 Å². The van der Waals surface area contributed by atoms with Crippen LogP contribution >= 0.6 is 34.8 Å². The van der Waals surface area contributed by atoms with Gasteiger partial charge in [0, 0.05) is 5.02 Å². The molecule has 1 rings (SSSR count). The number of hydrogen-bond acceptors (Lipinski definition) is 3. The van der Waals surface area contributed by atoms with E-state index in [1.807, 2.05) is 0 Å². The van der Waals surface area contributed by atoms with Gasteiger partial charge in [-0.1, -0.05) is 23.2 Å². The third-order valence-corrected chi connectivity index (χ3v) is 2.38. The summed E-state index contributed by atoms with van der Waals surface area (Å²) in [7, 11) is 0. The lowest BCUT2D eigenvalue weighted by atomic mass is 10.1. The number of ketones is 1. The minimum atomic E-state index is -0.738. The predicted molar refractivity (Wildman–Crippen MR) is 58.2 cm³/mol. The van der Waals surface area contributed by atoms with E-state index in [4.69, 9.17) is 34.8 Å². The molecule has 1 aromatic rings. The van der Waals surface area contributed by atoms with Crippen LogP contribution in [-0.2, 0) is 0 Å². The topological polar surface area (TPSA) is 60.2 Å². The Morgan fingerprint density at radius 2 is 2.00 bits per heavy atom. The summed E-state index contributed by atoms with van der Waals surface area (Å²) in [6.45, 7) is 0. The average molecular weight is 268 g/mol. The molecule has 4 nitrogen and oxygen atoms in total. The fraction of sp³-hybridized carbons (Fsp3) is 0.125. The van der Waals surface area contributed by atoms with Crippen molar-refractivity contribution in [1.29, 1.82) is 0 Å². The molecule has 0 radical (unpaired) electrons. The first-order valence-electron chi connectivity index (χ1n) is 3.70. The van der Waals surface area contributed by atoms with Crippen LogP contribution in [-0.4, -0.2) is 16.6 Å². The van der Waals surface area contributed by atoms with E-state index < -0.39 is 16.4 Å². The first-order valence-corrected chi connectivity index (χ1v) is 4.99. The second kappa shape index (κ2) is 4.79. The van der Waals surface area contributed by atoms with Crippen molar-refractivity contribution in [3.8, 4) is 0 Å². The molecule has 0 heterocycles. The standard InChI is InChI=1S/C8H4Cl3NO3/c9-3-7(13)5-1-4(10)2-6(11)8(5)12(14)15/h1-2H,3H2. The van der Waals surface area contributed by atoms with Crippen LogP contribution in [0.5, 0.6) is 0 Å². The lowest BCUT2D eigenvalue weighted by Gasteiger charge is -2.02. The zero-order chi connectivity index (χ0) is 11.6. The SMILES string of the molecule is O=C(CCl)c1cc(Cl)cc(Cl)c1[N+](=O)[O-]. The minimum Gasteiger partial charge on any atom is -0.293 e. The number of nitrogens with zero attached hydrogens (tertiary/aromatic N) is 1. The maximum atomic E-state index is 11.3. The van der Waals surface area contributed by atoms with Gasteiger partial charge in [0.15, 0.2) is 5.78 Å². The van der Waals surface area contributed by atoms with E-state index >= 15 is 0 Å². The van der Waals surface area contributed by atoms with Gasteiger partial charge in [-0.15, -0.1) is 11.6 Å². The van der Waals surface area contributed by atoms with E-state index in [0.717, 1.165) is 0 Å². The Labute approximate surface area is 99.9 Å². The number of nitro benzene ring substituents is 1. The molecule has 80 valence electrons. The van der Waals surface area contributed by atoms with Crippen LogP contribution in [0.25, 0.3) is 0 Å². The van der Waals surface area contributed by atoms with Crippen LogP contribution in [0.15, 0.2) is 12.1 Å². The Bertz CT molecular complexity index is 433. The van der Waals surface area contributed by atoms with Crippen LogP contribution in [0.1, 0.15) is 10.4 Å². The van der Waals surface area contributed by atoms with E-state index in [0.29, 0.717) is 0 Å². The van der Waals surface area contributed by atoms with Crippen LogP contribution in [0.4, 0.5) is 5.69 Å². The Morgan fingerprint density at radius 1 is 1.40 bits per heavy atom. The molecule has 0 unspecified atom stereocenters.